The van der Waals surface area contributed by atoms with Crippen LogP contribution in [0, 0.1) is 12.7 Å². The molecule has 262 valence electrons. The van der Waals surface area contributed by atoms with Gasteiger partial charge in [0.05, 0.1) is 28.8 Å². The number of halogens is 3. The molecule has 2 aromatic heterocycles. The van der Waals surface area contributed by atoms with E-state index in [4.69, 9.17) is 15.2 Å². The maximum absolute atomic E-state index is 14.1. The molecular weight excluding hydrogens is 675 g/mol. The lowest BCUT2D eigenvalue weighted by molar-refractivity contribution is -0.251. The van der Waals surface area contributed by atoms with Gasteiger partial charge in [0.25, 0.3) is 12.3 Å². The summed E-state index contributed by atoms with van der Waals surface area (Å²) in [6.45, 7) is 0.621. The van der Waals surface area contributed by atoms with Crippen molar-refractivity contribution in [3.63, 3.8) is 0 Å². The molecule has 14 nitrogen and oxygen atoms in total. The van der Waals surface area contributed by atoms with E-state index in [1.54, 1.807) is 37.3 Å². The van der Waals surface area contributed by atoms with Crippen molar-refractivity contribution in [3.8, 4) is 22.9 Å². The number of nitrogens with one attached hydrogen (secondary N) is 2. The molecule has 4 amide bonds. The van der Waals surface area contributed by atoms with E-state index in [1.807, 2.05) is 0 Å². The Kier molecular flexibility index (Phi) is 8.24. The first-order valence-electron chi connectivity index (χ1n) is 15.5. The van der Waals surface area contributed by atoms with Crippen LogP contribution in [0.4, 0.5) is 34.3 Å². The topological polar surface area (TPSA) is 188 Å². The molecule has 5 aromatic rings. The number of rotatable bonds is 10. The third-order valence-corrected chi connectivity index (χ3v) is 8.63. The van der Waals surface area contributed by atoms with Crippen LogP contribution >= 0.6 is 0 Å². The lowest BCUT2D eigenvalue weighted by Crippen LogP contribution is -2.46. The molecule has 0 spiro atoms. The van der Waals surface area contributed by atoms with Gasteiger partial charge in [-0.15, -0.1) is 0 Å². The number of fused-ring (bicyclic) bond motifs is 2. The van der Waals surface area contributed by atoms with E-state index in [1.165, 1.54) is 46.1 Å². The van der Waals surface area contributed by atoms with E-state index < -0.39 is 54.7 Å². The molecule has 0 aliphatic carbocycles. The van der Waals surface area contributed by atoms with Gasteiger partial charge >= 0.3 is 6.03 Å². The Labute approximate surface area is 286 Å². The van der Waals surface area contributed by atoms with E-state index in [-0.39, 0.29) is 52.7 Å². The van der Waals surface area contributed by atoms with Crippen LogP contribution in [0.5, 0.6) is 17.2 Å². The molecule has 4 heterocycles. The Morgan fingerprint density at radius 3 is 2.59 bits per heavy atom. The molecule has 2 aliphatic rings. The number of carbonyl (C=O) groups excluding carboxylic acids is 4. The average molecular weight is 703 g/mol. The van der Waals surface area contributed by atoms with Crippen molar-refractivity contribution < 1.29 is 46.9 Å². The number of hydrogen-bond acceptors (Lipinski definition) is 9. The highest BCUT2D eigenvalue weighted by Crippen LogP contribution is 2.40. The predicted molar refractivity (Wildman–Crippen MR) is 173 cm³/mol. The van der Waals surface area contributed by atoms with Gasteiger partial charge in [-0.3, -0.25) is 9.59 Å². The molecule has 2 saturated heterocycles. The highest BCUT2D eigenvalue weighted by Gasteiger charge is 2.52. The van der Waals surface area contributed by atoms with Gasteiger partial charge < -0.3 is 40.3 Å². The zero-order chi connectivity index (χ0) is 36.1. The number of aryl methyl sites for hydroxylation is 1. The van der Waals surface area contributed by atoms with Crippen LogP contribution in [0.15, 0.2) is 66.9 Å². The number of urea groups is 1. The van der Waals surface area contributed by atoms with Gasteiger partial charge in [0.1, 0.15) is 36.1 Å². The van der Waals surface area contributed by atoms with Gasteiger partial charge in [-0.25, -0.2) is 27.5 Å². The summed E-state index contributed by atoms with van der Waals surface area (Å²) in [6, 6.07) is 12.5. The Morgan fingerprint density at radius 2 is 1.88 bits per heavy atom. The van der Waals surface area contributed by atoms with Crippen LogP contribution in [-0.2, 0) is 4.79 Å². The fourth-order valence-electron chi connectivity index (χ4n) is 6.31. The van der Waals surface area contributed by atoms with E-state index in [0.717, 1.165) is 4.90 Å². The Morgan fingerprint density at radius 1 is 1.10 bits per heavy atom. The van der Waals surface area contributed by atoms with E-state index >= 15 is 0 Å². The molecule has 4 N–H and O–H groups in total. The van der Waals surface area contributed by atoms with Crippen molar-refractivity contribution in [2.45, 2.75) is 31.9 Å². The van der Waals surface area contributed by atoms with Gasteiger partial charge in [0.15, 0.2) is 11.6 Å². The number of anilines is 2. The number of ketones is 1. The number of para-hydroxylation sites is 1. The third-order valence-electron chi connectivity index (χ3n) is 8.63. The number of hydrogen-bond donors (Lipinski definition) is 3. The minimum Gasteiger partial charge on any atom is -0.530 e. The predicted octanol–water partition coefficient (Wildman–Crippen LogP) is 3.89. The number of imide groups is 1. The highest BCUT2D eigenvalue weighted by atomic mass is 19.3. The second-order valence-corrected chi connectivity index (χ2v) is 11.9. The molecule has 51 heavy (non-hydrogen) atoms. The number of carboxylic acid groups (broad SMARTS) is 1. The Balaban J connectivity index is 1.17. The van der Waals surface area contributed by atoms with Gasteiger partial charge in [-0.2, -0.15) is 5.10 Å². The molecule has 7 rings (SSSR count). The van der Waals surface area contributed by atoms with E-state index in [2.05, 4.69) is 15.4 Å². The largest absolute Gasteiger partial charge is 0.530 e. The number of nitrogen functional groups attached to an aromatic ring is 1. The molecule has 0 saturated carbocycles. The summed E-state index contributed by atoms with van der Waals surface area (Å²) in [7, 11) is 0. The monoisotopic (exact) mass is 702 g/mol. The normalized spacial score (nSPS) is 17.0. The first-order chi connectivity index (χ1) is 24.4. The maximum atomic E-state index is 14.1. The van der Waals surface area contributed by atoms with Gasteiger partial charge in [0.2, 0.25) is 5.78 Å². The summed E-state index contributed by atoms with van der Waals surface area (Å²) < 4.78 is 52.8. The van der Waals surface area contributed by atoms with Crippen LogP contribution in [0.3, 0.4) is 0 Å². The number of ether oxygens (including phenoxy) is 2. The number of H-pyrrole nitrogens is 1. The molecule has 2 aliphatic heterocycles. The number of nitrogens with two attached hydrogens (primary N) is 1. The smallest absolute Gasteiger partial charge is 0.332 e. The maximum Gasteiger partial charge on any atom is 0.332 e. The van der Waals surface area contributed by atoms with Crippen LogP contribution in [0.1, 0.15) is 28.0 Å². The van der Waals surface area contributed by atoms with Crippen LogP contribution < -0.4 is 30.5 Å². The number of nitrogens with zero attached hydrogens (tertiary/aromatic N) is 4. The van der Waals surface area contributed by atoms with Gasteiger partial charge in [-0.05, 0) is 67.4 Å². The van der Waals surface area contributed by atoms with Crippen molar-refractivity contribution >= 4 is 46.2 Å². The summed E-state index contributed by atoms with van der Waals surface area (Å²) >= 11 is 0. The van der Waals surface area contributed by atoms with E-state index in [0.29, 0.717) is 22.4 Å². The van der Waals surface area contributed by atoms with E-state index in [9.17, 15) is 37.5 Å². The lowest BCUT2D eigenvalue weighted by Gasteiger charge is -2.21. The molecule has 2 fully saturated rings. The van der Waals surface area contributed by atoms with Crippen LogP contribution in [0.25, 0.3) is 16.6 Å². The minimum atomic E-state index is -2.87. The number of carbonyl (C=O) groups is 4. The van der Waals surface area contributed by atoms with Crippen molar-refractivity contribution in [1.82, 2.24) is 25.0 Å². The molecular formula is C34H27F3N7O7-. The molecule has 0 radical (unpaired) electrons. The van der Waals surface area contributed by atoms with Crippen molar-refractivity contribution in [2.75, 3.05) is 23.8 Å². The number of amides is 4. The fraction of sp³-hybridized carbons (Fsp3) is 0.206. The third kappa shape index (κ3) is 6.02. The van der Waals surface area contributed by atoms with Gasteiger partial charge in [0, 0.05) is 23.5 Å². The second kappa shape index (κ2) is 12.7. The van der Waals surface area contributed by atoms with Gasteiger partial charge in [-0.1, -0.05) is 12.1 Å². The fourth-order valence-corrected chi connectivity index (χ4v) is 6.31. The number of alkyl halides is 2. The first-order valence-corrected chi connectivity index (χ1v) is 15.5. The summed E-state index contributed by atoms with van der Waals surface area (Å²) in [4.78, 5) is 56.4. The zero-order valence-corrected chi connectivity index (χ0v) is 26.6. The average Bonchev–Trinajstić information content (AvgIpc) is 3.84. The minimum absolute atomic E-state index is 0.00602. The summed E-state index contributed by atoms with van der Waals surface area (Å²) in [5.74, 6) is -1.57. The molecule has 0 bridgehead atoms. The zero-order valence-electron chi connectivity index (χ0n) is 26.6. The van der Waals surface area contributed by atoms with Crippen LogP contribution in [-0.4, -0.2) is 75.1 Å². The molecule has 0 unspecified atom stereocenters. The lowest BCUT2D eigenvalue weighted by atomic mass is 10.1. The van der Waals surface area contributed by atoms with Crippen LogP contribution in [0.2, 0.25) is 0 Å². The standard InChI is InChI=1S/C34H28F3N7O7/c1-16-8-19(51-27-5-3-2-4-21(27)35)6-7-24(16)44-31(38)20(13-39-44)30(45)23-9-17-10-28(50-15-29(36)37)25(12-22(17)41-23)43-32(46)26-11-18(40-33(47)48)14-42(26)34(43)49/h2-10,12-13,18,26,29,40-41H,11,14-15,38H2,1H3,(H,47,48)/p-1/t18-,26-/m0/s1. The van der Waals surface area contributed by atoms with Crippen molar-refractivity contribution in [3.05, 3.63) is 89.5 Å². The number of aromatic nitrogens is 3. The quantitative estimate of drug-likeness (QED) is 0.143. The number of aromatic amines is 1. The Bertz CT molecular complexity index is 2210. The summed E-state index contributed by atoms with van der Waals surface area (Å²) in [5, 5.41) is 17.8. The molecule has 3 aromatic carbocycles. The second-order valence-electron chi connectivity index (χ2n) is 11.9. The SMILES string of the molecule is Cc1cc(Oc2ccccc2F)ccc1-n1ncc(C(=O)c2cc3cc(OCC(F)F)c(N4C(=O)[C@@H]5C[C@H](NC(=O)[O-])CN5C4=O)cc3[nH]2)c1N. The first kappa shape index (κ1) is 33.0. The van der Waals surface area contributed by atoms with Crippen molar-refractivity contribution in [1.29, 1.82) is 0 Å². The number of benzene rings is 3. The highest BCUT2D eigenvalue weighted by molar-refractivity contribution is 6.23. The van der Waals surface area contributed by atoms with Crippen molar-refractivity contribution in [2.24, 2.45) is 0 Å². The summed E-state index contributed by atoms with van der Waals surface area (Å²) in [5.41, 5.74) is 7.78. The molecule has 17 heteroatoms. The Hall–Kier alpha value is -6.52. The summed E-state index contributed by atoms with van der Waals surface area (Å²) in [6.07, 6.45) is -3.15. The molecule has 2 atom stereocenters.